The molecule has 3 heterocycles. The molecule has 0 spiro atoms. The first kappa shape index (κ1) is 21.9. The summed E-state index contributed by atoms with van der Waals surface area (Å²) in [7, 11) is -1.02. The third-order valence-corrected chi connectivity index (χ3v) is 8.78. The summed E-state index contributed by atoms with van der Waals surface area (Å²) < 4.78 is 27.8. The fourth-order valence-corrected chi connectivity index (χ4v) is 6.86. The van der Waals surface area contributed by atoms with Crippen molar-refractivity contribution in [1.29, 1.82) is 0 Å². The van der Waals surface area contributed by atoms with Gasteiger partial charge in [-0.3, -0.25) is 4.79 Å². The van der Waals surface area contributed by atoms with Crippen LogP contribution in [0, 0.1) is 20.8 Å². The lowest BCUT2D eigenvalue weighted by molar-refractivity contribution is 0.102. The number of ketones is 1. The molecule has 4 rings (SSSR count). The van der Waals surface area contributed by atoms with Crippen LogP contribution in [-0.4, -0.2) is 45.6 Å². The van der Waals surface area contributed by atoms with Crippen LogP contribution >= 0.6 is 11.8 Å². The van der Waals surface area contributed by atoms with E-state index in [-0.39, 0.29) is 29.1 Å². The Hall–Kier alpha value is -2.32. The Labute approximate surface area is 187 Å². The molecule has 0 unspecified atom stereocenters. The Kier molecular flexibility index (Phi) is 5.87. The number of rotatable bonds is 6. The number of hydrogen-bond acceptors (Lipinski definition) is 5. The minimum absolute atomic E-state index is 0.0325. The van der Waals surface area contributed by atoms with Crippen molar-refractivity contribution >= 4 is 27.4 Å². The molecule has 0 radical (unpaired) electrons. The molecule has 1 aromatic carbocycles. The quantitative estimate of drug-likeness (QED) is 0.411. The number of benzene rings is 1. The molecule has 164 valence electrons. The predicted octanol–water partition coefficient (Wildman–Crippen LogP) is 4.15. The highest BCUT2D eigenvalue weighted by molar-refractivity contribution is 7.99. The summed E-state index contributed by atoms with van der Waals surface area (Å²) in [6.07, 6.45) is 2.44. The van der Waals surface area contributed by atoms with Gasteiger partial charge in [0.15, 0.2) is 20.8 Å². The molecule has 0 saturated carbocycles. The van der Waals surface area contributed by atoms with Crippen molar-refractivity contribution in [3.63, 3.8) is 0 Å². The zero-order chi connectivity index (χ0) is 22.3. The second kappa shape index (κ2) is 8.31. The van der Waals surface area contributed by atoms with Gasteiger partial charge in [0.05, 0.1) is 29.1 Å². The number of thioether (sulfide) groups is 1. The highest BCUT2D eigenvalue weighted by Crippen LogP contribution is 2.30. The Morgan fingerprint density at radius 1 is 1.19 bits per heavy atom. The van der Waals surface area contributed by atoms with Gasteiger partial charge in [-0.25, -0.2) is 13.4 Å². The van der Waals surface area contributed by atoms with Gasteiger partial charge in [-0.1, -0.05) is 41.6 Å². The summed E-state index contributed by atoms with van der Waals surface area (Å²) in [4.78, 5) is 17.5. The van der Waals surface area contributed by atoms with Crippen molar-refractivity contribution in [2.45, 2.75) is 38.4 Å². The fourth-order valence-electron chi connectivity index (χ4n) is 4.33. The summed E-state index contributed by atoms with van der Waals surface area (Å²) in [5.41, 5.74) is 5.77. The van der Waals surface area contributed by atoms with Crippen molar-refractivity contribution in [1.82, 2.24) is 14.1 Å². The smallest absolute Gasteiger partial charge is 0.175 e. The number of Topliss-reactive ketones (excluding diaryl/α,β-unsaturated/α-hetero) is 1. The van der Waals surface area contributed by atoms with Crippen molar-refractivity contribution in [3.05, 3.63) is 59.0 Å². The van der Waals surface area contributed by atoms with Crippen molar-refractivity contribution in [3.8, 4) is 11.3 Å². The van der Waals surface area contributed by atoms with Crippen molar-refractivity contribution in [2.75, 3.05) is 17.3 Å². The van der Waals surface area contributed by atoms with Crippen LogP contribution in [0.5, 0.6) is 0 Å². The molecule has 31 heavy (non-hydrogen) atoms. The summed E-state index contributed by atoms with van der Waals surface area (Å²) in [6.45, 7) is 5.91. The Morgan fingerprint density at radius 3 is 2.55 bits per heavy atom. The molecule has 0 N–H and O–H groups in total. The zero-order valence-electron chi connectivity index (χ0n) is 18.3. The van der Waals surface area contributed by atoms with E-state index in [2.05, 4.69) is 36.2 Å². The minimum atomic E-state index is -2.98. The third kappa shape index (κ3) is 4.36. The van der Waals surface area contributed by atoms with Gasteiger partial charge in [-0.05, 0) is 38.8 Å². The number of imidazole rings is 1. The van der Waals surface area contributed by atoms with Crippen molar-refractivity contribution < 1.29 is 13.2 Å². The molecule has 1 aliphatic heterocycles. The van der Waals surface area contributed by atoms with E-state index in [0.717, 1.165) is 27.8 Å². The summed E-state index contributed by atoms with van der Waals surface area (Å²) in [6, 6.07) is 10.1. The highest BCUT2D eigenvalue weighted by atomic mass is 32.2. The lowest BCUT2D eigenvalue weighted by Gasteiger charge is -2.16. The van der Waals surface area contributed by atoms with Crippen LogP contribution in [0.4, 0.5) is 0 Å². The van der Waals surface area contributed by atoms with Crippen LogP contribution in [0.1, 0.15) is 39.8 Å². The van der Waals surface area contributed by atoms with E-state index in [9.17, 15) is 13.2 Å². The highest BCUT2D eigenvalue weighted by Gasteiger charge is 2.31. The molecule has 0 amide bonds. The standard InChI is InChI=1S/C23H27N3O3S2/c1-15-5-7-18(8-6-15)21-12-24-23(25(21)4)30-13-22(27)20-11-16(2)26(17(20)3)19-9-10-31(28,29)14-19/h5-8,11-12,19H,9-10,13-14H2,1-4H3/t19-/m0/s1. The van der Waals surface area contributed by atoms with E-state index in [4.69, 9.17) is 0 Å². The summed E-state index contributed by atoms with van der Waals surface area (Å²) in [5.74, 6) is 0.688. The van der Waals surface area contributed by atoms with Gasteiger partial charge < -0.3 is 9.13 Å². The number of aryl methyl sites for hydroxylation is 2. The molecular formula is C23H27N3O3S2. The maximum atomic E-state index is 13.0. The first-order valence-corrected chi connectivity index (χ1v) is 13.1. The largest absolute Gasteiger partial charge is 0.344 e. The lowest BCUT2D eigenvalue weighted by atomic mass is 10.1. The van der Waals surface area contributed by atoms with Gasteiger partial charge in [-0.15, -0.1) is 0 Å². The molecule has 1 fully saturated rings. The average molecular weight is 458 g/mol. The van der Waals surface area contributed by atoms with E-state index in [1.807, 2.05) is 42.3 Å². The third-order valence-electron chi connectivity index (χ3n) is 5.98. The molecule has 1 atom stereocenters. The normalized spacial score (nSPS) is 17.9. The molecule has 1 aliphatic rings. The van der Waals surface area contributed by atoms with Gasteiger partial charge in [0.2, 0.25) is 0 Å². The molecular weight excluding hydrogens is 430 g/mol. The van der Waals surface area contributed by atoms with Crippen molar-refractivity contribution in [2.24, 2.45) is 7.05 Å². The molecule has 6 nitrogen and oxygen atoms in total. The SMILES string of the molecule is Cc1ccc(-c2cnc(SCC(=O)c3cc(C)n([C@H]4CCS(=O)(=O)C4)c3C)n2C)cc1. The number of aromatic nitrogens is 3. The van der Waals surface area contributed by atoms with Crippen LogP contribution in [-0.2, 0) is 16.9 Å². The Morgan fingerprint density at radius 2 is 1.90 bits per heavy atom. The van der Waals surface area contributed by atoms with Gasteiger partial charge in [-0.2, -0.15) is 0 Å². The topological polar surface area (TPSA) is 74.0 Å². The van der Waals surface area contributed by atoms with E-state index >= 15 is 0 Å². The Bertz CT molecular complexity index is 1240. The first-order chi connectivity index (χ1) is 14.7. The molecule has 2 aromatic heterocycles. The molecule has 0 bridgehead atoms. The number of nitrogens with zero attached hydrogens (tertiary/aromatic N) is 3. The van der Waals surface area contributed by atoms with Crippen LogP contribution in [0.15, 0.2) is 41.7 Å². The molecule has 8 heteroatoms. The lowest BCUT2D eigenvalue weighted by Crippen LogP contribution is -2.14. The van der Waals surface area contributed by atoms with E-state index in [1.54, 1.807) is 0 Å². The zero-order valence-corrected chi connectivity index (χ0v) is 19.9. The predicted molar refractivity (Wildman–Crippen MR) is 125 cm³/mol. The second-order valence-corrected chi connectivity index (χ2v) is 11.4. The molecule has 0 aliphatic carbocycles. The fraction of sp³-hybridized carbons (Fsp3) is 0.391. The maximum Gasteiger partial charge on any atom is 0.175 e. The first-order valence-electron chi connectivity index (χ1n) is 10.3. The molecule has 1 saturated heterocycles. The monoisotopic (exact) mass is 457 g/mol. The van der Waals surface area contributed by atoms with Gasteiger partial charge in [0.1, 0.15) is 0 Å². The average Bonchev–Trinajstić information content (AvgIpc) is 3.35. The van der Waals surface area contributed by atoms with Crippen LogP contribution in [0.2, 0.25) is 0 Å². The number of carbonyl (C=O) groups is 1. The molecule has 3 aromatic rings. The number of sulfone groups is 1. The Balaban J connectivity index is 1.49. The van der Waals surface area contributed by atoms with Gasteiger partial charge in [0.25, 0.3) is 0 Å². The number of carbonyl (C=O) groups excluding carboxylic acids is 1. The second-order valence-electron chi connectivity index (χ2n) is 8.27. The maximum absolute atomic E-state index is 13.0. The van der Waals surface area contributed by atoms with E-state index in [0.29, 0.717) is 12.0 Å². The van der Waals surface area contributed by atoms with E-state index < -0.39 is 9.84 Å². The summed E-state index contributed by atoms with van der Waals surface area (Å²) in [5, 5.41) is 0.791. The van der Waals surface area contributed by atoms with Gasteiger partial charge in [0, 0.05) is 30.0 Å². The van der Waals surface area contributed by atoms with Crippen LogP contribution in [0.25, 0.3) is 11.3 Å². The minimum Gasteiger partial charge on any atom is -0.344 e. The number of hydrogen-bond donors (Lipinski definition) is 0. The van der Waals surface area contributed by atoms with Crippen LogP contribution < -0.4 is 0 Å². The van der Waals surface area contributed by atoms with Crippen LogP contribution in [0.3, 0.4) is 0 Å². The van der Waals surface area contributed by atoms with Gasteiger partial charge >= 0.3 is 0 Å². The summed E-state index contributed by atoms with van der Waals surface area (Å²) >= 11 is 1.42. The van der Waals surface area contributed by atoms with E-state index in [1.165, 1.54) is 17.3 Å².